The van der Waals surface area contributed by atoms with Gasteiger partial charge in [0.15, 0.2) is 0 Å². The Balaban J connectivity index is 2.22. The fraction of sp³-hybridized carbons (Fsp3) is 0.294. The monoisotopic (exact) mass is 271 g/mol. The summed E-state index contributed by atoms with van der Waals surface area (Å²) in [5.41, 5.74) is 8.28. The Morgan fingerprint density at radius 2 is 1.70 bits per heavy atom. The van der Waals surface area contributed by atoms with Crippen LogP contribution < -0.4 is 15.2 Å². The molecule has 0 aliphatic heterocycles. The van der Waals surface area contributed by atoms with E-state index in [2.05, 4.69) is 0 Å². The Kier molecular flexibility index (Phi) is 4.64. The molecule has 0 bridgehead atoms. The smallest absolute Gasteiger partial charge is 0.138 e. The van der Waals surface area contributed by atoms with E-state index in [4.69, 9.17) is 15.2 Å². The first-order chi connectivity index (χ1) is 9.60. The number of hydrogen-bond donors (Lipinski definition) is 1. The molecule has 106 valence electrons. The van der Waals surface area contributed by atoms with Crippen molar-refractivity contribution in [2.24, 2.45) is 5.73 Å². The van der Waals surface area contributed by atoms with Gasteiger partial charge in [0, 0.05) is 6.04 Å². The third-order valence-electron chi connectivity index (χ3n) is 3.17. The molecule has 0 saturated heterocycles. The summed E-state index contributed by atoms with van der Waals surface area (Å²) in [6, 6.07) is 15.7. The van der Waals surface area contributed by atoms with Crippen LogP contribution in [0.1, 0.15) is 24.2 Å². The molecule has 3 nitrogen and oxygen atoms in total. The predicted octanol–water partition coefficient (Wildman–Crippen LogP) is 3.47. The van der Waals surface area contributed by atoms with E-state index in [0.717, 1.165) is 17.1 Å². The molecule has 0 amide bonds. The summed E-state index contributed by atoms with van der Waals surface area (Å²) in [6.45, 7) is 3.99. The van der Waals surface area contributed by atoms with Gasteiger partial charge in [0.2, 0.25) is 0 Å². The van der Waals surface area contributed by atoms with E-state index in [9.17, 15) is 0 Å². The standard InChI is InChI=1S/C17H21NO2/c1-12-5-4-6-16(11-12)20-17(13(2)18)14-7-9-15(19-3)10-8-14/h4-11,13,17H,18H2,1-3H3. The van der Waals surface area contributed by atoms with Gasteiger partial charge in [0.05, 0.1) is 7.11 Å². The maximum absolute atomic E-state index is 6.07. The summed E-state index contributed by atoms with van der Waals surface area (Å²) >= 11 is 0. The van der Waals surface area contributed by atoms with Crippen LogP contribution in [0.3, 0.4) is 0 Å². The molecule has 2 aromatic rings. The molecule has 20 heavy (non-hydrogen) atoms. The molecular formula is C17H21NO2. The van der Waals surface area contributed by atoms with Crippen molar-refractivity contribution < 1.29 is 9.47 Å². The van der Waals surface area contributed by atoms with E-state index < -0.39 is 0 Å². The van der Waals surface area contributed by atoms with Gasteiger partial charge in [-0.25, -0.2) is 0 Å². The lowest BCUT2D eigenvalue weighted by atomic mass is 10.0. The first-order valence-corrected chi connectivity index (χ1v) is 6.73. The second-order valence-corrected chi connectivity index (χ2v) is 4.99. The summed E-state index contributed by atoms with van der Waals surface area (Å²) < 4.78 is 11.2. The van der Waals surface area contributed by atoms with Crippen LogP contribution in [-0.2, 0) is 0 Å². The van der Waals surface area contributed by atoms with E-state index in [1.54, 1.807) is 7.11 Å². The molecule has 0 fully saturated rings. The van der Waals surface area contributed by atoms with E-state index in [0.29, 0.717) is 0 Å². The van der Waals surface area contributed by atoms with Gasteiger partial charge in [0.1, 0.15) is 17.6 Å². The molecular weight excluding hydrogens is 250 g/mol. The highest BCUT2D eigenvalue weighted by Crippen LogP contribution is 2.26. The van der Waals surface area contributed by atoms with Crippen LogP contribution in [0.4, 0.5) is 0 Å². The maximum atomic E-state index is 6.07. The molecule has 0 spiro atoms. The Bertz CT molecular complexity index is 549. The summed E-state index contributed by atoms with van der Waals surface area (Å²) in [4.78, 5) is 0. The number of benzene rings is 2. The van der Waals surface area contributed by atoms with Gasteiger partial charge in [-0.2, -0.15) is 0 Å². The van der Waals surface area contributed by atoms with Gasteiger partial charge >= 0.3 is 0 Å². The summed E-state index contributed by atoms with van der Waals surface area (Å²) in [6.07, 6.45) is -0.178. The van der Waals surface area contributed by atoms with Gasteiger partial charge in [-0.15, -0.1) is 0 Å². The average molecular weight is 271 g/mol. The highest BCUT2D eigenvalue weighted by molar-refractivity contribution is 5.32. The van der Waals surface area contributed by atoms with Crippen molar-refractivity contribution >= 4 is 0 Å². The molecule has 2 N–H and O–H groups in total. The summed E-state index contributed by atoms with van der Waals surface area (Å²) in [5.74, 6) is 1.66. The van der Waals surface area contributed by atoms with Crippen molar-refractivity contribution in [3.8, 4) is 11.5 Å². The third kappa shape index (κ3) is 3.52. The Hall–Kier alpha value is -2.00. The third-order valence-corrected chi connectivity index (χ3v) is 3.17. The number of rotatable bonds is 5. The SMILES string of the molecule is COc1ccc(C(Oc2cccc(C)c2)C(C)N)cc1. The molecule has 0 aliphatic rings. The minimum atomic E-state index is -0.178. The molecule has 0 aliphatic carbocycles. The van der Waals surface area contributed by atoms with Crippen molar-refractivity contribution in [2.75, 3.05) is 7.11 Å². The summed E-state index contributed by atoms with van der Waals surface area (Å²) in [7, 11) is 1.65. The normalized spacial score (nSPS) is 13.6. The molecule has 2 atom stereocenters. The second kappa shape index (κ2) is 6.44. The first kappa shape index (κ1) is 14.4. The number of ether oxygens (including phenoxy) is 2. The van der Waals surface area contributed by atoms with Crippen LogP contribution in [0.15, 0.2) is 48.5 Å². The van der Waals surface area contributed by atoms with E-state index in [1.165, 1.54) is 5.56 Å². The van der Waals surface area contributed by atoms with E-state index in [1.807, 2.05) is 62.4 Å². The van der Waals surface area contributed by atoms with Gasteiger partial charge in [-0.05, 0) is 49.2 Å². The molecule has 2 rings (SSSR count). The van der Waals surface area contributed by atoms with Crippen LogP contribution in [0.5, 0.6) is 11.5 Å². The van der Waals surface area contributed by atoms with Crippen LogP contribution in [0.2, 0.25) is 0 Å². The Morgan fingerprint density at radius 1 is 1.00 bits per heavy atom. The van der Waals surface area contributed by atoms with Crippen molar-refractivity contribution in [3.05, 3.63) is 59.7 Å². The number of methoxy groups -OCH3 is 1. The van der Waals surface area contributed by atoms with Crippen LogP contribution in [0.25, 0.3) is 0 Å². The fourth-order valence-corrected chi connectivity index (χ4v) is 2.11. The number of aryl methyl sites for hydroxylation is 1. The molecule has 2 aromatic carbocycles. The quantitative estimate of drug-likeness (QED) is 0.905. The number of nitrogens with two attached hydrogens (primary N) is 1. The lowest BCUT2D eigenvalue weighted by molar-refractivity contribution is 0.180. The zero-order chi connectivity index (χ0) is 14.5. The molecule has 0 radical (unpaired) electrons. The number of hydrogen-bond acceptors (Lipinski definition) is 3. The fourth-order valence-electron chi connectivity index (χ4n) is 2.11. The lowest BCUT2D eigenvalue weighted by Gasteiger charge is -2.23. The summed E-state index contributed by atoms with van der Waals surface area (Å²) in [5, 5.41) is 0. The molecule has 0 aromatic heterocycles. The van der Waals surface area contributed by atoms with Crippen LogP contribution in [-0.4, -0.2) is 13.2 Å². The largest absolute Gasteiger partial charge is 0.497 e. The van der Waals surface area contributed by atoms with Crippen LogP contribution >= 0.6 is 0 Å². The van der Waals surface area contributed by atoms with Gasteiger partial charge in [-0.3, -0.25) is 0 Å². The Morgan fingerprint density at radius 3 is 2.25 bits per heavy atom. The lowest BCUT2D eigenvalue weighted by Crippen LogP contribution is -2.29. The van der Waals surface area contributed by atoms with Gasteiger partial charge in [-0.1, -0.05) is 24.3 Å². The van der Waals surface area contributed by atoms with Crippen molar-refractivity contribution in [1.82, 2.24) is 0 Å². The van der Waals surface area contributed by atoms with Crippen molar-refractivity contribution in [1.29, 1.82) is 0 Å². The van der Waals surface area contributed by atoms with E-state index >= 15 is 0 Å². The van der Waals surface area contributed by atoms with Crippen LogP contribution in [0, 0.1) is 6.92 Å². The topological polar surface area (TPSA) is 44.5 Å². The van der Waals surface area contributed by atoms with Gasteiger partial charge < -0.3 is 15.2 Å². The minimum Gasteiger partial charge on any atom is -0.497 e. The van der Waals surface area contributed by atoms with Crippen molar-refractivity contribution in [2.45, 2.75) is 26.0 Å². The second-order valence-electron chi connectivity index (χ2n) is 4.99. The Labute approximate surface area is 120 Å². The minimum absolute atomic E-state index is 0.107. The molecule has 0 saturated carbocycles. The molecule has 0 heterocycles. The highest BCUT2D eigenvalue weighted by atomic mass is 16.5. The first-order valence-electron chi connectivity index (χ1n) is 6.73. The van der Waals surface area contributed by atoms with E-state index in [-0.39, 0.29) is 12.1 Å². The average Bonchev–Trinajstić information content (AvgIpc) is 2.45. The highest BCUT2D eigenvalue weighted by Gasteiger charge is 2.18. The predicted molar refractivity (Wildman–Crippen MR) is 81.2 cm³/mol. The van der Waals surface area contributed by atoms with Gasteiger partial charge in [0.25, 0.3) is 0 Å². The zero-order valence-corrected chi connectivity index (χ0v) is 12.2. The molecule has 3 heteroatoms. The van der Waals surface area contributed by atoms with Crippen molar-refractivity contribution in [3.63, 3.8) is 0 Å². The molecule has 2 unspecified atom stereocenters. The zero-order valence-electron chi connectivity index (χ0n) is 12.2. The maximum Gasteiger partial charge on any atom is 0.138 e.